The highest BCUT2D eigenvalue weighted by atomic mass is 16.3. The average molecular weight is 464 g/mol. The number of nitrogens with one attached hydrogen (secondary N) is 2. The Morgan fingerprint density at radius 2 is 1.61 bits per heavy atom. The number of H-pyrrole nitrogens is 1. The van der Waals surface area contributed by atoms with E-state index < -0.39 is 12.2 Å². The summed E-state index contributed by atoms with van der Waals surface area (Å²) in [7, 11) is 0. The number of nitrogens with zero attached hydrogens (tertiary/aromatic N) is 3. The van der Waals surface area contributed by atoms with E-state index in [1.165, 1.54) is 51.4 Å². The largest absolute Gasteiger partial charge is 0.394 e. The van der Waals surface area contributed by atoms with Crippen molar-refractivity contribution in [2.45, 2.75) is 88.5 Å². The van der Waals surface area contributed by atoms with Crippen LogP contribution in [0.4, 0.5) is 5.82 Å². The van der Waals surface area contributed by atoms with Gasteiger partial charge in [-0.2, -0.15) is 0 Å². The molecular weight excluding hydrogens is 422 g/mol. The van der Waals surface area contributed by atoms with Crippen LogP contribution < -0.4 is 10.2 Å². The molecule has 4 rings (SSSR count). The van der Waals surface area contributed by atoms with Gasteiger partial charge in [-0.05, 0) is 31.7 Å². The summed E-state index contributed by atoms with van der Waals surface area (Å²) >= 11 is 0. The lowest BCUT2D eigenvalue weighted by Gasteiger charge is -2.36. The van der Waals surface area contributed by atoms with Crippen LogP contribution in [0.5, 0.6) is 0 Å². The van der Waals surface area contributed by atoms with Gasteiger partial charge in [-0.1, -0.05) is 38.5 Å². The van der Waals surface area contributed by atoms with Crippen molar-refractivity contribution in [1.82, 2.24) is 20.3 Å². The smallest absolute Gasteiger partial charge is 0.142 e. The third-order valence-electron chi connectivity index (χ3n) is 6.70. The standard InChI is InChI=1S/C15H22N4O2.C9H19NO2/c20-9-12(21)8-19(11-4-2-1-3-5-11)15-13-6-7-16-14(13)17-10-18-15;11-7-9(12)6-10-8-4-2-1-3-5-8/h6-7,10-12,20-21H,1-5,8-9H2,(H,16,17,18);8-12H,1-7H2. The fraction of sp³-hybridized carbons (Fsp3) is 0.750. The van der Waals surface area contributed by atoms with E-state index in [2.05, 4.69) is 25.2 Å². The molecule has 2 heterocycles. The summed E-state index contributed by atoms with van der Waals surface area (Å²) in [5, 5.41) is 41.0. The number of rotatable bonds is 9. The second-order valence-electron chi connectivity index (χ2n) is 9.30. The second-order valence-corrected chi connectivity index (χ2v) is 9.30. The minimum atomic E-state index is -0.754. The molecule has 186 valence electrons. The van der Waals surface area contributed by atoms with E-state index in [0.29, 0.717) is 25.2 Å². The first-order chi connectivity index (χ1) is 16.1. The summed E-state index contributed by atoms with van der Waals surface area (Å²) in [5.41, 5.74) is 0.805. The van der Waals surface area contributed by atoms with Crippen molar-refractivity contribution in [2.75, 3.05) is 31.2 Å². The number of aromatic amines is 1. The van der Waals surface area contributed by atoms with Crippen LogP contribution in [0.15, 0.2) is 18.6 Å². The molecule has 9 nitrogen and oxygen atoms in total. The van der Waals surface area contributed by atoms with Crippen molar-refractivity contribution in [3.8, 4) is 0 Å². The maximum absolute atomic E-state index is 9.90. The van der Waals surface area contributed by atoms with E-state index in [9.17, 15) is 10.2 Å². The van der Waals surface area contributed by atoms with Gasteiger partial charge in [0, 0.05) is 31.4 Å². The van der Waals surface area contributed by atoms with E-state index in [4.69, 9.17) is 10.2 Å². The van der Waals surface area contributed by atoms with Gasteiger partial charge < -0.3 is 35.6 Å². The zero-order valence-corrected chi connectivity index (χ0v) is 19.6. The Morgan fingerprint density at radius 3 is 2.27 bits per heavy atom. The molecule has 0 saturated heterocycles. The summed E-state index contributed by atoms with van der Waals surface area (Å²) in [6.07, 6.45) is 14.3. The van der Waals surface area contributed by atoms with Crippen LogP contribution in [0, 0.1) is 0 Å². The molecule has 33 heavy (non-hydrogen) atoms. The minimum Gasteiger partial charge on any atom is -0.394 e. The van der Waals surface area contributed by atoms with Crippen molar-refractivity contribution >= 4 is 16.9 Å². The first-order valence-corrected chi connectivity index (χ1v) is 12.5. The molecule has 2 atom stereocenters. The van der Waals surface area contributed by atoms with Gasteiger partial charge in [0.05, 0.1) is 30.8 Å². The molecule has 0 bridgehead atoms. The normalized spacial score (nSPS) is 19.6. The highest BCUT2D eigenvalue weighted by molar-refractivity contribution is 5.87. The Kier molecular flexibility index (Phi) is 10.8. The zero-order chi connectivity index (χ0) is 23.5. The molecule has 0 aliphatic heterocycles. The van der Waals surface area contributed by atoms with E-state index in [0.717, 1.165) is 29.7 Å². The summed E-state index contributed by atoms with van der Waals surface area (Å²) in [6.45, 7) is 0.559. The van der Waals surface area contributed by atoms with Crippen LogP contribution in [-0.2, 0) is 0 Å². The molecule has 2 unspecified atom stereocenters. The van der Waals surface area contributed by atoms with Crippen molar-refractivity contribution in [2.24, 2.45) is 0 Å². The molecule has 0 amide bonds. The summed E-state index contributed by atoms with van der Waals surface area (Å²) in [6, 6.07) is 2.90. The molecule has 9 heteroatoms. The Balaban J connectivity index is 0.000000218. The molecule has 2 aromatic rings. The van der Waals surface area contributed by atoms with E-state index in [1.807, 2.05) is 12.3 Å². The predicted molar refractivity (Wildman–Crippen MR) is 129 cm³/mol. The van der Waals surface area contributed by atoms with Crippen LogP contribution >= 0.6 is 0 Å². The molecule has 2 fully saturated rings. The SMILES string of the molecule is OCC(O)CN(c1ncnc2[nH]ccc12)C1CCCCC1.OCC(O)CNC1CCCCC1. The zero-order valence-electron chi connectivity index (χ0n) is 19.6. The van der Waals surface area contributed by atoms with Gasteiger partial charge in [0.1, 0.15) is 17.8 Å². The number of hydrogen-bond donors (Lipinski definition) is 6. The monoisotopic (exact) mass is 463 g/mol. The lowest BCUT2D eigenvalue weighted by atomic mass is 9.93. The van der Waals surface area contributed by atoms with Crippen molar-refractivity contribution in [3.05, 3.63) is 18.6 Å². The molecule has 6 N–H and O–H groups in total. The van der Waals surface area contributed by atoms with Gasteiger partial charge in [-0.25, -0.2) is 9.97 Å². The molecular formula is C24H41N5O4. The molecule has 0 radical (unpaired) electrons. The molecule has 0 aromatic carbocycles. The fourth-order valence-corrected chi connectivity index (χ4v) is 4.85. The quantitative estimate of drug-likeness (QED) is 0.331. The summed E-state index contributed by atoms with van der Waals surface area (Å²) in [5.74, 6) is 0.848. The van der Waals surface area contributed by atoms with Crippen LogP contribution in [0.25, 0.3) is 11.0 Å². The minimum absolute atomic E-state index is 0.139. The Hall–Kier alpha value is -1.78. The number of aliphatic hydroxyl groups excluding tert-OH is 4. The molecule has 2 saturated carbocycles. The van der Waals surface area contributed by atoms with Gasteiger partial charge >= 0.3 is 0 Å². The molecule has 2 aliphatic carbocycles. The van der Waals surface area contributed by atoms with Crippen LogP contribution in [0.3, 0.4) is 0 Å². The Morgan fingerprint density at radius 1 is 0.939 bits per heavy atom. The third kappa shape index (κ3) is 7.89. The van der Waals surface area contributed by atoms with E-state index in [-0.39, 0.29) is 13.2 Å². The summed E-state index contributed by atoms with van der Waals surface area (Å²) in [4.78, 5) is 13.9. The maximum Gasteiger partial charge on any atom is 0.142 e. The van der Waals surface area contributed by atoms with Gasteiger partial charge in [0.15, 0.2) is 0 Å². The number of aromatic nitrogens is 3. The third-order valence-corrected chi connectivity index (χ3v) is 6.70. The fourth-order valence-electron chi connectivity index (χ4n) is 4.85. The number of aliphatic hydroxyl groups is 4. The summed E-state index contributed by atoms with van der Waals surface area (Å²) < 4.78 is 0. The van der Waals surface area contributed by atoms with Gasteiger partial charge in [0.25, 0.3) is 0 Å². The second kappa shape index (κ2) is 13.8. The predicted octanol–water partition coefficient (Wildman–Crippen LogP) is 1.71. The van der Waals surface area contributed by atoms with Crippen LogP contribution in [0.2, 0.25) is 0 Å². The van der Waals surface area contributed by atoms with E-state index >= 15 is 0 Å². The highest BCUT2D eigenvalue weighted by Crippen LogP contribution is 2.30. The van der Waals surface area contributed by atoms with Gasteiger partial charge in [-0.3, -0.25) is 0 Å². The maximum atomic E-state index is 9.90. The molecule has 0 spiro atoms. The highest BCUT2D eigenvalue weighted by Gasteiger charge is 2.26. The van der Waals surface area contributed by atoms with E-state index in [1.54, 1.807) is 6.33 Å². The first kappa shape index (κ1) is 25.8. The Bertz CT molecular complexity index is 792. The first-order valence-electron chi connectivity index (χ1n) is 12.5. The van der Waals surface area contributed by atoms with Gasteiger partial charge in [-0.15, -0.1) is 0 Å². The van der Waals surface area contributed by atoms with Gasteiger partial charge in [0.2, 0.25) is 0 Å². The number of hydrogen-bond acceptors (Lipinski definition) is 8. The van der Waals surface area contributed by atoms with Crippen molar-refractivity contribution < 1.29 is 20.4 Å². The van der Waals surface area contributed by atoms with Crippen molar-refractivity contribution in [1.29, 1.82) is 0 Å². The number of fused-ring (bicyclic) bond motifs is 1. The van der Waals surface area contributed by atoms with Crippen LogP contribution in [-0.4, -0.2) is 86.0 Å². The van der Waals surface area contributed by atoms with Crippen LogP contribution in [0.1, 0.15) is 64.2 Å². The number of anilines is 1. The Labute approximate surface area is 196 Å². The average Bonchev–Trinajstić information content (AvgIpc) is 3.36. The molecule has 2 aromatic heterocycles. The topological polar surface area (TPSA) is 138 Å². The molecule has 2 aliphatic rings. The lowest BCUT2D eigenvalue weighted by Crippen LogP contribution is -2.43. The van der Waals surface area contributed by atoms with Crippen molar-refractivity contribution in [3.63, 3.8) is 0 Å². The lowest BCUT2D eigenvalue weighted by molar-refractivity contribution is 0.0904.